The molecule has 0 saturated heterocycles. The number of thiol groups is 1. The minimum atomic E-state index is -2.69. The molecule has 0 aliphatic carbocycles. The van der Waals surface area contributed by atoms with Gasteiger partial charge in [-0.15, -0.1) is 0 Å². The molecule has 0 aliphatic rings. The summed E-state index contributed by atoms with van der Waals surface area (Å²) in [6, 6.07) is 8.52. The molecule has 5 heteroatoms. The number of carbonyl (C=O) groups is 1. The van der Waals surface area contributed by atoms with E-state index in [2.05, 4.69) is 0 Å². The maximum Gasteiger partial charge on any atom is 0.201 e. The van der Waals surface area contributed by atoms with Crippen LogP contribution in [0.25, 0.3) is 0 Å². The number of Topliss-reactive ketones (excluding diaryl/α,β-unsaturated/α-hetero) is 1. The number of benzene rings is 1. The molecule has 0 aromatic heterocycles. The molecule has 4 nitrogen and oxygen atoms in total. The van der Waals surface area contributed by atoms with Crippen LogP contribution in [0.2, 0.25) is 0 Å². The summed E-state index contributed by atoms with van der Waals surface area (Å²) < 4.78 is 22.3. The average Bonchev–Trinajstić information content (AvgIpc) is 2.15. The highest BCUT2D eigenvalue weighted by Gasteiger charge is 2.03. The van der Waals surface area contributed by atoms with E-state index in [1.54, 1.807) is 30.3 Å². The third-order valence-electron chi connectivity index (χ3n) is 1.46. The molecule has 0 fully saturated rings. The summed E-state index contributed by atoms with van der Waals surface area (Å²) in [5, 5.41) is 0. The standard InChI is InChI=1S/C8H9NO3S/c10-8(6-9-13(11)12)7-4-2-1-3-5-7/h1-5,13H,6H2,(H,9,11,12). The van der Waals surface area contributed by atoms with Gasteiger partial charge in [0.1, 0.15) is 0 Å². The molecule has 0 amide bonds. The first-order chi connectivity index (χ1) is 6.20. The normalized spacial score (nSPS) is 10.2. The summed E-state index contributed by atoms with van der Waals surface area (Å²) in [6.07, 6.45) is 0. The molecule has 0 heterocycles. The summed E-state index contributed by atoms with van der Waals surface area (Å²) in [6.45, 7) is -0.178. The van der Waals surface area contributed by atoms with Crippen LogP contribution in [-0.2, 0) is 10.9 Å². The average molecular weight is 199 g/mol. The van der Waals surface area contributed by atoms with Gasteiger partial charge in [0.15, 0.2) is 5.78 Å². The fourth-order valence-electron chi connectivity index (χ4n) is 0.862. The summed E-state index contributed by atoms with van der Waals surface area (Å²) >= 11 is 0. The topological polar surface area (TPSA) is 63.2 Å². The molecular formula is C8H9NO3S. The third kappa shape index (κ3) is 3.35. The lowest BCUT2D eigenvalue weighted by molar-refractivity contribution is 0.0997. The van der Waals surface area contributed by atoms with Crippen LogP contribution in [0.1, 0.15) is 10.4 Å². The Balaban J connectivity index is 2.59. The van der Waals surface area contributed by atoms with Gasteiger partial charge in [-0.2, -0.15) is 0 Å². The van der Waals surface area contributed by atoms with Gasteiger partial charge in [-0.3, -0.25) is 4.79 Å². The Hall–Kier alpha value is -1.20. The van der Waals surface area contributed by atoms with Gasteiger partial charge < -0.3 is 0 Å². The molecule has 70 valence electrons. The molecule has 1 aromatic rings. The molecule has 0 bridgehead atoms. The van der Waals surface area contributed by atoms with E-state index < -0.39 is 10.9 Å². The minimum Gasteiger partial charge on any atom is -0.293 e. The molecular weight excluding hydrogens is 190 g/mol. The van der Waals surface area contributed by atoms with E-state index in [9.17, 15) is 13.2 Å². The molecule has 0 atom stereocenters. The number of hydrogen-bond acceptors (Lipinski definition) is 3. The molecule has 0 unspecified atom stereocenters. The van der Waals surface area contributed by atoms with Gasteiger partial charge >= 0.3 is 0 Å². The second-order valence-electron chi connectivity index (χ2n) is 2.38. The van der Waals surface area contributed by atoms with E-state index in [1.165, 1.54) is 0 Å². The van der Waals surface area contributed by atoms with E-state index in [-0.39, 0.29) is 12.3 Å². The number of carbonyl (C=O) groups excluding carboxylic acids is 1. The Labute approximate surface area is 77.7 Å². The maximum absolute atomic E-state index is 11.2. The van der Waals surface area contributed by atoms with Gasteiger partial charge in [0.05, 0.1) is 6.54 Å². The van der Waals surface area contributed by atoms with E-state index in [4.69, 9.17) is 0 Å². The first-order valence-corrected chi connectivity index (χ1v) is 4.84. The summed E-state index contributed by atoms with van der Waals surface area (Å²) in [5.74, 6) is -0.236. The quantitative estimate of drug-likeness (QED) is 0.529. The van der Waals surface area contributed by atoms with E-state index in [0.717, 1.165) is 0 Å². The van der Waals surface area contributed by atoms with Crippen molar-refractivity contribution in [3.05, 3.63) is 35.9 Å². The Morgan fingerprint density at radius 3 is 2.38 bits per heavy atom. The van der Waals surface area contributed by atoms with Gasteiger partial charge in [0.25, 0.3) is 0 Å². The molecule has 1 rings (SSSR count). The van der Waals surface area contributed by atoms with Crippen molar-refractivity contribution in [2.45, 2.75) is 0 Å². The fraction of sp³-hybridized carbons (Fsp3) is 0.125. The first-order valence-electron chi connectivity index (χ1n) is 3.66. The van der Waals surface area contributed by atoms with Crippen molar-refractivity contribution in [3.63, 3.8) is 0 Å². The highest BCUT2D eigenvalue weighted by atomic mass is 32.2. The lowest BCUT2D eigenvalue weighted by Crippen LogP contribution is -2.21. The highest BCUT2D eigenvalue weighted by molar-refractivity contribution is 7.70. The first kappa shape index (κ1) is 9.88. The van der Waals surface area contributed by atoms with Gasteiger partial charge in [0.2, 0.25) is 10.9 Å². The molecule has 13 heavy (non-hydrogen) atoms. The number of rotatable bonds is 4. The van der Waals surface area contributed by atoms with E-state index in [0.29, 0.717) is 5.56 Å². The largest absolute Gasteiger partial charge is 0.293 e. The second kappa shape index (κ2) is 4.74. The lowest BCUT2D eigenvalue weighted by Gasteiger charge is -1.97. The van der Waals surface area contributed by atoms with Gasteiger partial charge in [-0.25, -0.2) is 13.1 Å². The van der Waals surface area contributed by atoms with Crippen LogP contribution in [0.5, 0.6) is 0 Å². The highest BCUT2D eigenvalue weighted by Crippen LogP contribution is 1.98. The second-order valence-corrected chi connectivity index (χ2v) is 3.21. The van der Waals surface area contributed by atoms with E-state index >= 15 is 0 Å². The van der Waals surface area contributed by atoms with Crippen LogP contribution in [0.15, 0.2) is 30.3 Å². The molecule has 0 aliphatic heterocycles. The van der Waals surface area contributed by atoms with Gasteiger partial charge in [0, 0.05) is 5.56 Å². The number of hydrogen-bond donors (Lipinski definition) is 2. The molecule has 0 radical (unpaired) electrons. The van der Waals surface area contributed by atoms with Crippen LogP contribution < -0.4 is 4.72 Å². The van der Waals surface area contributed by atoms with Crippen molar-refractivity contribution in [3.8, 4) is 0 Å². The summed E-state index contributed by atoms with van der Waals surface area (Å²) in [5.41, 5.74) is 0.506. The van der Waals surface area contributed by atoms with Gasteiger partial charge in [-0.05, 0) is 0 Å². The Morgan fingerprint density at radius 2 is 1.85 bits per heavy atom. The minimum absolute atomic E-state index is 0.178. The smallest absolute Gasteiger partial charge is 0.201 e. The molecule has 0 spiro atoms. The van der Waals surface area contributed by atoms with Crippen molar-refractivity contribution in [1.29, 1.82) is 0 Å². The van der Waals surface area contributed by atoms with Gasteiger partial charge in [-0.1, -0.05) is 30.3 Å². The Bertz CT molecular complexity index is 351. The van der Waals surface area contributed by atoms with Crippen molar-refractivity contribution >= 4 is 16.7 Å². The van der Waals surface area contributed by atoms with Crippen LogP contribution in [0, 0.1) is 0 Å². The zero-order valence-corrected chi connectivity index (χ0v) is 7.66. The number of ketones is 1. The SMILES string of the molecule is O=C(CN[SH](=O)=O)c1ccccc1. The maximum atomic E-state index is 11.2. The van der Waals surface area contributed by atoms with Crippen LogP contribution in [-0.4, -0.2) is 20.7 Å². The molecule has 1 N–H and O–H groups in total. The van der Waals surface area contributed by atoms with Crippen molar-refractivity contribution in [2.24, 2.45) is 0 Å². The number of nitrogens with one attached hydrogen (secondary N) is 1. The van der Waals surface area contributed by atoms with Crippen LogP contribution in [0.3, 0.4) is 0 Å². The Kier molecular flexibility index (Phi) is 3.60. The lowest BCUT2D eigenvalue weighted by atomic mass is 10.1. The predicted octanol–water partition coefficient (Wildman–Crippen LogP) is -0.0147. The third-order valence-corrected chi connectivity index (χ3v) is 1.88. The van der Waals surface area contributed by atoms with Crippen LogP contribution >= 0.6 is 0 Å². The van der Waals surface area contributed by atoms with Crippen molar-refractivity contribution in [2.75, 3.05) is 6.54 Å². The Morgan fingerprint density at radius 1 is 1.23 bits per heavy atom. The zero-order chi connectivity index (χ0) is 9.68. The summed E-state index contributed by atoms with van der Waals surface area (Å²) in [7, 11) is -2.69. The van der Waals surface area contributed by atoms with Crippen molar-refractivity contribution in [1.82, 2.24) is 4.72 Å². The predicted molar refractivity (Wildman–Crippen MR) is 49.1 cm³/mol. The monoisotopic (exact) mass is 199 g/mol. The van der Waals surface area contributed by atoms with Crippen molar-refractivity contribution < 1.29 is 13.2 Å². The molecule has 0 saturated carbocycles. The molecule has 1 aromatic carbocycles. The zero-order valence-electron chi connectivity index (χ0n) is 6.77. The van der Waals surface area contributed by atoms with E-state index in [1.807, 2.05) is 4.72 Å². The fourth-order valence-corrected chi connectivity index (χ4v) is 1.14. The van der Waals surface area contributed by atoms with Crippen LogP contribution in [0.4, 0.5) is 0 Å². The summed E-state index contributed by atoms with van der Waals surface area (Å²) in [4.78, 5) is 11.2.